The van der Waals surface area contributed by atoms with Crippen LogP contribution in [0, 0.1) is 5.41 Å². The number of sulfonamides is 1. The summed E-state index contributed by atoms with van der Waals surface area (Å²) in [5, 5.41) is 11.9. The predicted molar refractivity (Wildman–Crippen MR) is 65.8 cm³/mol. The van der Waals surface area contributed by atoms with Gasteiger partial charge in [-0.2, -0.15) is 0 Å². The number of aliphatic hydroxyl groups excluding tert-OH is 1. The SMILES string of the molecule is CC(O)CNCCNS(=O)(=O)CC(C)(C)C. The van der Waals surface area contributed by atoms with Gasteiger partial charge in [-0.3, -0.25) is 0 Å². The molecule has 0 aliphatic carbocycles. The highest BCUT2D eigenvalue weighted by atomic mass is 32.2. The third-order valence-electron chi connectivity index (χ3n) is 1.69. The largest absolute Gasteiger partial charge is 0.392 e. The molecular weight excluding hydrogens is 228 g/mol. The van der Waals surface area contributed by atoms with E-state index in [0.717, 1.165) is 0 Å². The van der Waals surface area contributed by atoms with Crippen molar-refractivity contribution in [2.24, 2.45) is 5.41 Å². The third-order valence-corrected chi connectivity index (χ3v) is 3.58. The van der Waals surface area contributed by atoms with Gasteiger partial charge in [-0.25, -0.2) is 13.1 Å². The molecule has 0 aromatic carbocycles. The lowest BCUT2D eigenvalue weighted by molar-refractivity contribution is 0.192. The van der Waals surface area contributed by atoms with Crippen LogP contribution in [0.25, 0.3) is 0 Å². The van der Waals surface area contributed by atoms with E-state index in [1.54, 1.807) is 6.92 Å². The minimum Gasteiger partial charge on any atom is -0.392 e. The molecule has 0 aromatic heterocycles. The molecule has 0 aromatic rings. The molecule has 0 aliphatic heterocycles. The van der Waals surface area contributed by atoms with Crippen LogP contribution in [0.5, 0.6) is 0 Å². The summed E-state index contributed by atoms with van der Waals surface area (Å²) in [5.74, 6) is 0.121. The highest BCUT2D eigenvalue weighted by Gasteiger charge is 2.20. The standard InChI is InChI=1S/C10H24N2O3S/c1-9(13)7-11-5-6-12-16(14,15)8-10(2,3)4/h9,11-13H,5-8H2,1-4H3. The second-order valence-electron chi connectivity index (χ2n) is 5.27. The molecule has 16 heavy (non-hydrogen) atoms. The molecule has 98 valence electrons. The molecule has 0 saturated carbocycles. The van der Waals surface area contributed by atoms with Gasteiger partial charge in [-0.15, -0.1) is 0 Å². The van der Waals surface area contributed by atoms with E-state index in [1.165, 1.54) is 0 Å². The molecule has 0 saturated heterocycles. The molecule has 0 aliphatic rings. The Balaban J connectivity index is 3.76. The zero-order valence-corrected chi connectivity index (χ0v) is 11.4. The van der Waals surface area contributed by atoms with Gasteiger partial charge >= 0.3 is 0 Å². The quantitative estimate of drug-likeness (QED) is 0.554. The zero-order valence-electron chi connectivity index (χ0n) is 10.6. The van der Waals surface area contributed by atoms with E-state index in [9.17, 15) is 8.42 Å². The van der Waals surface area contributed by atoms with E-state index in [0.29, 0.717) is 19.6 Å². The fourth-order valence-corrected chi connectivity index (χ4v) is 2.88. The first-order valence-electron chi connectivity index (χ1n) is 5.48. The van der Waals surface area contributed by atoms with Crippen LogP contribution in [-0.2, 0) is 10.0 Å². The van der Waals surface area contributed by atoms with Crippen molar-refractivity contribution in [1.29, 1.82) is 0 Å². The number of hydrogen-bond acceptors (Lipinski definition) is 4. The van der Waals surface area contributed by atoms with E-state index in [1.807, 2.05) is 20.8 Å². The van der Waals surface area contributed by atoms with E-state index >= 15 is 0 Å². The number of hydrogen-bond donors (Lipinski definition) is 3. The second kappa shape index (κ2) is 6.54. The van der Waals surface area contributed by atoms with Gasteiger partial charge in [0.05, 0.1) is 11.9 Å². The first-order valence-corrected chi connectivity index (χ1v) is 7.14. The van der Waals surface area contributed by atoms with Crippen LogP contribution in [0.2, 0.25) is 0 Å². The minimum atomic E-state index is -3.19. The maximum absolute atomic E-state index is 11.6. The molecule has 3 N–H and O–H groups in total. The molecule has 5 nitrogen and oxygen atoms in total. The Morgan fingerprint density at radius 1 is 1.25 bits per heavy atom. The lowest BCUT2D eigenvalue weighted by Crippen LogP contribution is -2.37. The van der Waals surface area contributed by atoms with Crippen LogP contribution in [0.15, 0.2) is 0 Å². The van der Waals surface area contributed by atoms with E-state index < -0.39 is 16.1 Å². The van der Waals surface area contributed by atoms with Crippen molar-refractivity contribution in [2.75, 3.05) is 25.4 Å². The van der Waals surface area contributed by atoms with Crippen LogP contribution >= 0.6 is 0 Å². The summed E-state index contributed by atoms with van der Waals surface area (Å²) in [4.78, 5) is 0. The smallest absolute Gasteiger partial charge is 0.212 e. The second-order valence-corrected chi connectivity index (χ2v) is 7.07. The summed E-state index contributed by atoms with van der Waals surface area (Å²) in [6.07, 6.45) is -0.411. The fourth-order valence-electron chi connectivity index (χ4n) is 1.23. The summed E-state index contributed by atoms with van der Waals surface area (Å²) in [5.41, 5.74) is -0.237. The third kappa shape index (κ3) is 10.4. The lowest BCUT2D eigenvalue weighted by Gasteiger charge is -2.18. The van der Waals surface area contributed by atoms with Gasteiger partial charge in [-0.05, 0) is 12.3 Å². The molecule has 0 fully saturated rings. The van der Waals surface area contributed by atoms with Gasteiger partial charge in [-0.1, -0.05) is 20.8 Å². The summed E-state index contributed by atoms with van der Waals surface area (Å²) < 4.78 is 25.6. The Kier molecular flexibility index (Phi) is 6.47. The minimum absolute atomic E-state index is 0.121. The highest BCUT2D eigenvalue weighted by Crippen LogP contribution is 2.14. The highest BCUT2D eigenvalue weighted by molar-refractivity contribution is 7.89. The van der Waals surface area contributed by atoms with E-state index in [-0.39, 0.29) is 11.2 Å². The Morgan fingerprint density at radius 2 is 1.81 bits per heavy atom. The van der Waals surface area contributed by atoms with E-state index in [2.05, 4.69) is 10.0 Å². The Labute approximate surface area is 98.7 Å². The molecule has 0 heterocycles. The topological polar surface area (TPSA) is 78.4 Å². The molecule has 0 rings (SSSR count). The van der Waals surface area contributed by atoms with Crippen LogP contribution in [-0.4, -0.2) is 45.0 Å². The van der Waals surface area contributed by atoms with E-state index in [4.69, 9.17) is 5.11 Å². The summed E-state index contributed by atoms with van der Waals surface area (Å²) in [7, 11) is -3.19. The van der Waals surface area contributed by atoms with Crippen molar-refractivity contribution in [3.8, 4) is 0 Å². The van der Waals surface area contributed by atoms with Gasteiger partial charge in [0.15, 0.2) is 0 Å². The summed E-state index contributed by atoms with van der Waals surface area (Å²) >= 11 is 0. The number of aliphatic hydroxyl groups is 1. The maximum atomic E-state index is 11.6. The maximum Gasteiger partial charge on any atom is 0.212 e. The fraction of sp³-hybridized carbons (Fsp3) is 1.00. The lowest BCUT2D eigenvalue weighted by atomic mass is 10.0. The van der Waals surface area contributed by atoms with Gasteiger partial charge in [0.1, 0.15) is 0 Å². The molecule has 1 unspecified atom stereocenters. The molecule has 6 heteroatoms. The van der Waals surface area contributed by atoms with Crippen LogP contribution in [0.3, 0.4) is 0 Å². The van der Waals surface area contributed by atoms with Crippen molar-refractivity contribution in [3.63, 3.8) is 0 Å². The van der Waals surface area contributed by atoms with Crippen molar-refractivity contribution in [3.05, 3.63) is 0 Å². The Hall–Kier alpha value is -0.170. The summed E-state index contributed by atoms with van der Waals surface area (Å²) in [6, 6.07) is 0. The zero-order chi connectivity index (χ0) is 12.8. The Morgan fingerprint density at radius 3 is 2.25 bits per heavy atom. The van der Waals surface area contributed by atoms with Crippen LogP contribution < -0.4 is 10.0 Å². The van der Waals surface area contributed by atoms with Gasteiger partial charge in [0.25, 0.3) is 0 Å². The van der Waals surface area contributed by atoms with Crippen LogP contribution in [0.1, 0.15) is 27.7 Å². The monoisotopic (exact) mass is 252 g/mol. The number of rotatable bonds is 7. The first-order chi connectivity index (χ1) is 7.12. The van der Waals surface area contributed by atoms with Crippen molar-refractivity contribution in [2.45, 2.75) is 33.8 Å². The van der Waals surface area contributed by atoms with Gasteiger partial charge < -0.3 is 10.4 Å². The molecule has 0 amide bonds. The van der Waals surface area contributed by atoms with Crippen molar-refractivity contribution >= 4 is 10.0 Å². The van der Waals surface area contributed by atoms with Crippen LogP contribution in [0.4, 0.5) is 0 Å². The average Bonchev–Trinajstić information content (AvgIpc) is 1.97. The first kappa shape index (κ1) is 15.8. The molecule has 0 spiro atoms. The summed E-state index contributed by atoms with van der Waals surface area (Å²) in [6.45, 7) is 8.69. The number of nitrogens with one attached hydrogen (secondary N) is 2. The van der Waals surface area contributed by atoms with Gasteiger partial charge in [0, 0.05) is 19.6 Å². The van der Waals surface area contributed by atoms with Gasteiger partial charge in [0.2, 0.25) is 10.0 Å². The molecule has 1 atom stereocenters. The van der Waals surface area contributed by atoms with Crippen molar-refractivity contribution < 1.29 is 13.5 Å². The molecule has 0 radical (unpaired) electrons. The normalized spacial score (nSPS) is 15.1. The Bertz CT molecular complexity index is 281. The molecule has 0 bridgehead atoms. The van der Waals surface area contributed by atoms with Crippen molar-refractivity contribution in [1.82, 2.24) is 10.0 Å². The molecular formula is C10H24N2O3S. The predicted octanol–water partition coefficient (Wildman–Crippen LogP) is -0.0777. The average molecular weight is 252 g/mol.